The zero-order chi connectivity index (χ0) is 5.70. The second-order valence-corrected chi connectivity index (χ2v) is 1.39. The molecule has 3 N–H and O–H groups in total. The first-order valence-corrected chi connectivity index (χ1v) is 2.24. The predicted octanol–water partition coefficient (Wildman–Crippen LogP) is -1.44. The molecule has 0 saturated heterocycles. The summed E-state index contributed by atoms with van der Waals surface area (Å²) < 4.78 is 0. The van der Waals surface area contributed by atoms with E-state index in [4.69, 9.17) is 10.2 Å². The van der Waals surface area contributed by atoms with Gasteiger partial charge in [0.05, 0.1) is 12.7 Å². The Bertz CT molecular complexity index is 45.0. The van der Waals surface area contributed by atoms with Crippen LogP contribution in [-0.4, -0.2) is 36.5 Å². The van der Waals surface area contributed by atoms with Crippen LogP contribution >= 0.6 is 0 Å². The first-order valence-electron chi connectivity index (χ1n) is 2.24. The summed E-state index contributed by atoms with van der Waals surface area (Å²) in [4.78, 5) is 0. The van der Waals surface area contributed by atoms with Crippen LogP contribution in [0.2, 0.25) is 0 Å². The van der Waals surface area contributed by atoms with E-state index in [1.807, 2.05) is 0 Å². The number of rotatable bonds is 3. The fourth-order valence-electron chi connectivity index (χ4n) is 0.300. The standard InChI is InChI=1S/C4H11NO2.Y/c1-5-2-4(7)3-6;/h4-7H,2-3H2,1H3;. The Hall–Kier alpha value is 0.984. The van der Waals surface area contributed by atoms with Crippen LogP contribution in [0, 0.1) is 0 Å². The Morgan fingerprint density at radius 1 is 1.62 bits per heavy atom. The third-order valence-electron chi connectivity index (χ3n) is 0.650. The second-order valence-electron chi connectivity index (χ2n) is 1.39. The number of hydrogen-bond acceptors (Lipinski definition) is 3. The van der Waals surface area contributed by atoms with Gasteiger partial charge in [-0.3, -0.25) is 0 Å². The molecule has 47 valence electrons. The van der Waals surface area contributed by atoms with Gasteiger partial charge in [0.2, 0.25) is 0 Å². The predicted molar refractivity (Wildman–Crippen MR) is 27.0 cm³/mol. The molecule has 3 nitrogen and oxygen atoms in total. The molecule has 0 aromatic rings. The van der Waals surface area contributed by atoms with Gasteiger partial charge in [0, 0.05) is 39.3 Å². The molecule has 0 bridgehead atoms. The first-order chi connectivity index (χ1) is 3.31. The molecule has 0 saturated carbocycles. The zero-order valence-corrected chi connectivity index (χ0v) is 7.80. The molecule has 0 fully saturated rings. The van der Waals surface area contributed by atoms with Gasteiger partial charge in [-0.2, -0.15) is 0 Å². The van der Waals surface area contributed by atoms with Crippen LogP contribution in [0.25, 0.3) is 0 Å². The van der Waals surface area contributed by atoms with Crippen molar-refractivity contribution in [3.05, 3.63) is 0 Å². The molecule has 0 aliphatic rings. The minimum absolute atomic E-state index is 0. The fraction of sp³-hybridized carbons (Fsp3) is 1.00. The SMILES string of the molecule is CNCC(O)CO.[Y]. The van der Waals surface area contributed by atoms with Crippen molar-refractivity contribution in [2.24, 2.45) is 0 Å². The molecule has 0 aliphatic heterocycles. The van der Waals surface area contributed by atoms with Gasteiger partial charge in [0.15, 0.2) is 0 Å². The number of hydrogen-bond donors (Lipinski definition) is 3. The van der Waals surface area contributed by atoms with Crippen LogP contribution in [0.4, 0.5) is 0 Å². The van der Waals surface area contributed by atoms with Crippen LogP contribution < -0.4 is 5.32 Å². The maximum atomic E-state index is 8.55. The van der Waals surface area contributed by atoms with Crippen molar-refractivity contribution in [2.45, 2.75) is 6.10 Å². The summed E-state index contributed by atoms with van der Waals surface area (Å²) in [6.07, 6.45) is -0.606. The van der Waals surface area contributed by atoms with E-state index in [0.717, 1.165) is 0 Å². The maximum absolute atomic E-state index is 8.55. The molecule has 0 rings (SSSR count). The van der Waals surface area contributed by atoms with Crippen molar-refractivity contribution in [1.29, 1.82) is 0 Å². The summed E-state index contributed by atoms with van der Waals surface area (Å²) in [5.74, 6) is 0. The fourth-order valence-corrected chi connectivity index (χ4v) is 0.300. The Morgan fingerprint density at radius 2 is 2.12 bits per heavy atom. The van der Waals surface area contributed by atoms with Crippen LogP contribution in [-0.2, 0) is 32.7 Å². The molecular formula is C4H11NO2Y. The number of likely N-dealkylation sites (N-methyl/N-ethyl adjacent to an activating group) is 1. The van der Waals surface area contributed by atoms with Gasteiger partial charge in [-0.15, -0.1) is 0 Å². The molecule has 0 aromatic heterocycles. The Labute approximate surface area is 74.4 Å². The smallest absolute Gasteiger partial charge is 0.0894 e. The van der Waals surface area contributed by atoms with E-state index in [0.29, 0.717) is 6.54 Å². The largest absolute Gasteiger partial charge is 0.394 e. The van der Waals surface area contributed by atoms with Crippen LogP contribution in [0.5, 0.6) is 0 Å². The minimum atomic E-state index is -0.606. The molecule has 0 amide bonds. The molecular weight excluding hydrogens is 183 g/mol. The summed E-state index contributed by atoms with van der Waals surface area (Å²) in [6.45, 7) is 0.289. The summed E-state index contributed by atoms with van der Waals surface area (Å²) in [7, 11) is 1.72. The van der Waals surface area contributed by atoms with Gasteiger partial charge >= 0.3 is 0 Å². The van der Waals surface area contributed by atoms with E-state index in [2.05, 4.69) is 5.32 Å². The normalized spacial score (nSPS) is 12.4. The number of aliphatic hydroxyl groups is 2. The topological polar surface area (TPSA) is 52.5 Å². The van der Waals surface area contributed by atoms with Gasteiger partial charge < -0.3 is 15.5 Å². The quantitative estimate of drug-likeness (QED) is 0.515. The van der Waals surface area contributed by atoms with Crippen LogP contribution in [0.1, 0.15) is 0 Å². The zero-order valence-electron chi connectivity index (χ0n) is 4.96. The molecule has 0 aromatic carbocycles. The van der Waals surface area contributed by atoms with Crippen molar-refractivity contribution in [2.75, 3.05) is 20.2 Å². The molecule has 4 heteroatoms. The Morgan fingerprint density at radius 3 is 2.25 bits per heavy atom. The van der Waals surface area contributed by atoms with Crippen molar-refractivity contribution in [3.63, 3.8) is 0 Å². The summed E-state index contributed by atoms with van der Waals surface area (Å²) in [6, 6.07) is 0. The maximum Gasteiger partial charge on any atom is 0.0894 e. The Kier molecular flexibility index (Phi) is 11.7. The van der Waals surface area contributed by atoms with Gasteiger partial charge in [-0.1, -0.05) is 0 Å². The molecule has 0 aliphatic carbocycles. The monoisotopic (exact) mass is 194 g/mol. The van der Waals surface area contributed by atoms with Crippen LogP contribution in [0.15, 0.2) is 0 Å². The number of aliphatic hydroxyl groups excluding tert-OH is 2. The van der Waals surface area contributed by atoms with Crippen molar-refractivity contribution >= 4 is 0 Å². The van der Waals surface area contributed by atoms with E-state index in [1.165, 1.54) is 0 Å². The summed E-state index contributed by atoms with van der Waals surface area (Å²) in [5.41, 5.74) is 0. The van der Waals surface area contributed by atoms with Crippen molar-refractivity contribution in [3.8, 4) is 0 Å². The molecule has 1 atom stereocenters. The van der Waals surface area contributed by atoms with Gasteiger partial charge in [-0.05, 0) is 7.05 Å². The van der Waals surface area contributed by atoms with E-state index in [1.54, 1.807) is 7.05 Å². The molecule has 0 spiro atoms. The number of nitrogens with one attached hydrogen (secondary N) is 1. The molecule has 8 heavy (non-hydrogen) atoms. The molecule has 1 unspecified atom stereocenters. The van der Waals surface area contributed by atoms with E-state index in [9.17, 15) is 0 Å². The summed E-state index contributed by atoms with van der Waals surface area (Å²) in [5, 5.41) is 19.4. The first kappa shape index (κ1) is 11.7. The third-order valence-corrected chi connectivity index (χ3v) is 0.650. The van der Waals surface area contributed by atoms with E-state index < -0.39 is 6.10 Å². The van der Waals surface area contributed by atoms with Crippen LogP contribution in [0.3, 0.4) is 0 Å². The molecule has 1 radical (unpaired) electrons. The van der Waals surface area contributed by atoms with Gasteiger partial charge in [0.25, 0.3) is 0 Å². The third kappa shape index (κ3) is 6.98. The molecule has 0 heterocycles. The van der Waals surface area contributed by atoms with Crippen molar-refractivity contribution < 1.29 is 42.9 Å². The van der Waals surface area contributed by atoms with Crippen molar-refractivity contribution in [1.82, 2.24) is 5.32 Å². The summed E-state index contributed by atoms with van der Waals surface area (Å²) >= 11 is 0. The van der Waals surface area contributed by atoms with E-state index >= 15 is 0 Å². The second kappa shape index (κ2) is 7.98. The average Bonchev–Trinajstić information content (AvgIpc) is 1.68. The minimum Gasteiger partial charge on any atom is -0.394 e. The van der Waals surface area contributed by atoms with Gasteiger partial charge in [-0.25, -0.2) is 0 Å². The van der Waals surface area contributed by atoms with E-state index in [-0.39, 0.29) is 39.3 Å². The Balaban J connectivity index is 0. The van der Waals surface area contributed by atoms with Gasteiger partial charge in [0.1, 0.15) is 0 Å². The average molecular weight is 194 g/mol.